The first-order valence-electron chi connectivity index (χ1n) is 8.89. The molecule has 0 aliphatic heterocycles. The quantitative estimate of drug-likeness (QED) is 0.570. The van der Waals surface area contributed by atoms with Crippen LogP contribution in [0.5, 0.6) is 0 Å². The lowest BCUT2D eigenvalue weighted by molar-refractivity contribution is 0.359. The molecule has 136 valence electrons. The van der Waals surface area contributed by atoms with Gasteiger partial charge in [-0.1, -0.05) is 51.1 Å². The van der Waals surface area contributed by atoms with E-state index in [0.29, 0.717) is 0 Å². The van der Waals surface area contributed by atoms with Crippen LogP contribution < -0.4 is 10.6 Å². The Morgan fingerprint density at radius 1 is 1.20 bits per heavy atom. The first-order valence-corrected chi connectivity index (χ1v) is 8.89. The van der Waals surface area contributed by atoms with E-state index in [4.69, 9.17) is 0 Å². The Balaban J connectivity index is 1.77. The Hall–Kier alpha value is -2.37. The molecule has 0 saturated carbocycles. The molecule has 0 atom stereocenters. The van der Waals surface area contributed by atoms with E-state index in [-0.39, 0.29) is 5.41 Å². The molecule has 0 aliphatic carbocycles. The second-order valence-electron chi connectivity index (χ2n) is 6.97. The average molecular weight is 342 g/mol. The van der Waals surface area contributed by atoms with Crippen molar-refractivity contribution >= 4 is 5.96 Å². The van der Waals surface area contributed by atoms with Gasteiger partial charge in [-0.3, -0.25) is 4.99 Å². The molecule has 0 aliphatic rings. The van der Waals surface area contributed by atoms with Crippen LogP contribution in [0.4, 0.5) is 0 Å². The molecule has 0 amide bonds. The molecule has 2 aromatic rings. The zero-order chi connectivity index (χ0) is 18.1. The van der Waals surface area contributed by atoms with Crippen molar-refractivity contribution in [3.05, 3.63) is 48.0 Å². The van der Waals surface area contributed by atoms with Crippen LogP contribution in [0.15, 0.2) is 41.7 Å². The fraction of sp³-hybridized carbons (Fsp3) is 0.526. The zero-order valence-corrected chi connectivity index (χ0v) is 15.8. The van der Waals surface area contributed by atoms with Crippen molar-refractivity contribution < 1.29 is 0 Å². The largest absolute Gasteiger partial charge is 0.356 e. The summed E-state index contributed by atoms with van der Waals surface area (Å²) in [4.78, 5) is 4.31. The van der Waals surface area contributed by atoms with E-state index in [9.17, 15) is 0 Å². The van der Waals surface area contributed by atoms with E-state index in [1.807, 2.05) is 0 Å². The number of rotatable bonds is 8. The number of guanidine groups is 1. The minimum absolute atomic E-state index is 0.141. The second-order valence-corrected chi connectivity index (χ2v) is 6.97. The van der Waals surface area contributed by atoms with E-state index in [1.54, 1.807) is 13.4 Å². The molecule has 0 radical (unpaired) electrons. The average Bonchev–Trinajstić information content (AvgIpc) is 3.06. The van der Waals surface area contributed by atoms with Crippen molar-refractivity contribution in [1.82, 2.24) is 25.4 Å². The molecule has 0 saturated heterocycles. The maximum Gasteiger partial charge on any atom is 0.191 e. The normalized spacial score (nSPS) is 12.2. The van der Waals surface area contributed by atoms with Gasteiger partial charge in [-0.05, 0) is 17.4 Å². The summed E-state index contributed by atoms with van der Waals surface area (Å²) in [5, 5.41) is 14.9. The number of aromatic nitrogens is 3. The topological polar surface area (TPSA) is 67.1 Å². The maximum absolute atomic E-state index is 4.31. The summed E-state index contributed by atoms with van der Waals surface area (Å²) >= 11 is 0. The van der Waals surface area contributed by atoms with Gasteiger partial charge < -0.3 is 15.2 Å². The second kappa shape index (κ2) is 9.20. The molecule has 6 nitrogen and oxygen atoms in total. The summed E-state index contributed by atoms with van der Waals surface area (Å²) in [5.74, 6) is 1.83. The fourth-order valence-electron chi connectivity index (χ4n) is 2.79. The van der Waals surface area contributed by atoms with Crippen LogP contribution in [0, 0.1) is 5.41 Å². The third kappa shape index (κ3) is 6.21. The number of benzene rings is 1. The smallest absolute Gasteiger partial charge is 0.191 e. The van der Waals surface area contributed by atoms with Crippen molar-refractivity contribution in [2.24, 2.45) is 10.4 Å². The molecule has 0 fully saturated rings. The molecule has 0 spiro atoms. The molecule has 1 aromatic carbocycles. The van der Waals surface area contributed by atoms with Gasteiger partial charge in [0.05, 0.1) is 0 Å². The Morgan fingerprint density at radius 2 is 1.96 bits per heavy atom. The number of hydrogen-bond donors (Lipinski definition) is 2. The van der Waals surface area contributed by atoms with Crippen LogP contribution in [0.1, 0.15) is 32.2 Å². The number of hydrogen-bond acceptors (Lipinski definition) is 3. The molecule has 0 unspecified atom stereocenters. The van der Waals surface area contributed by atoms with Gasteiger partial charge in [-0.25, -0.2) is 0 Å². The summed E-state index contributed by atoms with van der Waals surface area (Å²) in [5.41, 5.74) is 1.50. The zero-order valence-electron chi connectivity index (χ0n) is 15.8. The van der Waals surface area contributed by atoms with Crippen molar-refractivity contribution in [1.29, 1.82) is 0 Å². The summed E-state index contributed by atoms with van der Waals surface area (Å²) in [6.07, 6.45) is 3.69. The number of aliphatic imine (C=N–C) groups is 1. The molecule has 2 N–H and O–H groups in total. The SMILES string of the molecule is CCc1nncn1CCNC(=NC)NCC(C)(C)Cc1ccccc1. The van der Waals surface area contributed by atoms with Crippen LogP contribution in [-0.4, -0.2) is 40.9 Å². The summed E-state index contributed by atoms with van der Waals surface area (Å²) < 4.78 is 2.07. The molecule has 1 aromatic heterocycles. The predicted octanol–water partition coefficient (Wildman–Crippen LogP) is 2.27. The van der Waals surface area contributed by atoms with Crippen molar-refractivity contribution in [2.75, 3.05) is 20.1 Å². The Morgan fingerprint density at radius 3 is 2.64 bits per heavy atom. The third-order valence-corrected chi connectivity index (χ3v) is 4.14. The predicted molar refractivity (Wildman–Crippen MR) is 103 cm³/mol. The molecule has 25 heavy (non-hydrogen) atoms. The van der Waals surface area contributed by atoms with E-state index in [0.717, 1.165) is 44.3 Å². The Kier molecular flexibility index (Phi) is 6.98. The van der Waals surface area contributed by atoms with Crippen molar-refractivity contribution in [3.63, 3.8) is 0 Å². The van der Waals surface area contributed by atoms with Gasteiger partial charge in [0.1, 0.15) is 12.2 Å². The first-order chi connectivity index (χ1) is 12.0. The highest BCUT2D eigenvalue weighted by Crippen LogP contribution is 2.20. The number of nitrogens with one attached hydrogen (secondary N) is 2. The fourth-order valence-corrected chi connectivity index (χ4v) is 2.79. The molecule has 2 rings (SSSR count). The lowest BCUT2D eigenvalue weighted by Gasteiger charge is -2.26. The van der Waals surface area contributed by atoms with Gasteiger partial charge in [-0.2, -0.15) is 0 Å². The summed E-state index contributed by atoms with van der Waals surface area (Å²) in [6, 6.07) is 10.6. The van der Waals surface area contributed by atoms with E-state index >= 15 is 0 Å². The van der Waals surface area contributed by atoms with Crippen molar-refractivity contribution in [2.45, 2.75) is 40.2 Å². The van der Waals surface area contributed by atoms with Crippen LogP contribution in [-0.2, 0) is 19.4 Å². The van der Waals surface area contributed by atoms with Gasteiger partial charge in [0, 0.05) is 33.1 Å². The van der Waals surface area contributed by atoms with Gasteiger partial charge in [-0.15, -0.1) is 10.2 Å². The van der Waals surface area contributed by atoms with Crippen LogP contribution in [0.25, 0.3) is 0 Å². The van der Waals surface area contributed by atoms with Gasteiger partial charge in [0.25, 0.3) is 0 Å². The summed E-state index contributed by atoms with van der Waals surface area (Å²) in [7, 11) is 1.80. The highest BCUT2D eigenvalue weighted by atomic mass is 15.3. The van der Waals surface area contributed by atoms with Gasteiger partial charge in [0.15, 0.2) is 5.96 Å². The lowest BCUT2D eigenvalue weighted by Crippen LogP contribution is -2.43. The standard InChI is InChI=1S/C19H30N6/c1-5-17-24-23-15-25(17)12-11-21-18(20-4)22-14-19(2,3)13-16-9-7-6-8-10-16/h6-10,15H,5,11-14H2,1-4H3,(H2,20,21,22). The van der Waals surface area contributed by atoms with Crippen molar-refractivity contribution in [3.8, 4) is 0 Å². The monoisotopic (exact) mass is 342 g/mol. The van der Waals surface area contributed by atoms with Gasteiger partial charge in [0.2, 0.25) is 0 Å². The maximum atomic E-state index is 4.31. The molecule has 0 bridgehead atoms. The van der Waals surface area contributed by atoms with Gasteiger partial charge >= 0.3 is 0 Å². The minimum atomic E-state index is 0.141. The van der Waals surface area contributed by atoms with Crippen LogP contribution >= 0.6 is 0 Å². The first kappa shape index (κ1) is 19.0. The molecular formula is C19H30N6. The van der Waals surface area contributed by atoms with E-state index in [1.165, 1.54) is 5.56 Å². The van der Waals surface area contributed by atoms with Crippen LogP contribution in [0.2, 0.25) is 0 Å². The lowest BCUT2D eigenvalue weighted by atomic mass is 9.86. The van der Waals surface area contributed by atoms with E-state index < -0.39 is 0 Å². The molecule has 6 heteroatoms. The Labute approximate surface area is 150 Å². The highest BCUT2D eigenvalue weighted by Gasteiger charge is 2.18. The molecular weight excluding hydrogens is 312 g/mol. The Bertz CT molecular complexity index is 660. The van der Waals surface area contributed by atoms with E-state index in [2.05, 4.69) is 81.5 Å². The third-order valence-electron chi connectivity index (χ3n) is 4.14. The number of nitrogens with zero attached hydrogens (tertiary/aromatic N) is 4. The molecule has 1 heterocycles. The number of aryl methyl sites for hydroxylation is 1. The minimum Gasteiger partial charge on any atom is -0.356 e. The highest BCUT2D eigenvalue weighted by molar-refractivity contribution is 5.79. The van der Waals surface area contributed by atoms with Crippen LogP contribution in [0.3, 0.4) is 0 Å². The summed E-state index contributed by atoms with van der Waals surface area (Å²) in [6.45, 7) is 9.09.